The topological polar surface area (TPSA) is 95.7 Å². The van der Waals surface area contributed by atoms with Crippen molar-refractivity contribution in [2.45, 2.75) is 26.3 Å². The molecule has 1 amide bonds. The van der Waals surface area contributed by atoms with Crippen LogP contribution < -0.4 is 5.32 Å². The first-order valence-corrected chi connectivity index (χ1v) is 8.10. The first-order chi connectivity index (χ1) is 11.8. The number of hydrogen-bond acceptors (Lipinski definition) is 5. The highest BCUT2D eigenvalue weighted by molar-refractivity contribution is 6.33. The molecule has 1 heterocycles. The Kier molecular flexibility index (Phi) is 6.17. The molecule has 0 spiro atoms. The Labute approximate surface area is 150 Å². The summed E-state index contributed by atoms with van der Waals surface area (Å²) in [5.41, 5.74) is 1.07. The maximum Gasteiger partial charge on any atom is 0.337 e. The van der Waals surface area contributed by atoms with Gasteiger partial charge in [0.1, 0.15) is 5.76 Å². The number of carboxylic acid groups (broad SMARTS) is 1. The van der Waals surface area contributed by atoms with Crippen LogP contribution in [0, 0.1) is 0 Å². The number of carbonyl (C=O) groups excluding carboxylic acids is 1. The van der Waals surface area contributed by atoms with Gasteiger partial charge in [0, 0.05) is 24.2 Å². The van der Waals surface area contributed by atoms with Gasteiger partial charge in [0.25, 0.3) is 0 Å². The van der Waals surface area contributed by atoms with E-state index in [0.29, 0.717) is 12.2 Å². The molecule has 0 radical (unpaired) electrons. The SMILES string of the molecule is CC(C)c1cc(CN(C)CC(=O)Nc2ccc(Cl)c(C(=O)O)c2)no1. The molecule has 0 saturated heterocycles. The summed E-state index contributed by atoms with van der Waals surface area (Å²) in [5, 5.41) is 15.8. The highest BCUT2D eigenvalue weighted by atomic mass is 35.5. The molecule has 7 nitrogen and oxygen atoms in total. The van der Waals surface area contributed by atoms with E-state index >= 15 is 0 Å². The van der Waals surface area contributed by atoms with Gasteiger partial charge in [0.15, 0.2) is 0 Å². The Bertz CT molecular complexity index is 773. The standard InChI is InChI=1S/C17H20ClN3O4/c1-10(2)15-7-12(20-25-15)8-21(3)9-16(22)19-11-4-5-14(18)13(6-11)17(23)24/h4-7,10H,8-9H2,1-3H3,(H,19,22)(H,23,24). The average molecular weight is 366 g/mol. The second-order valence-electron chi connectivity index (χ2n) is 6.10. The largest absolute Gasteiger partial charge is 0.478 e. The molecule has 25 heavy (non-hydrogen) atoms. The Morgan fingerprint density at radius 2 is 2.08 bits per heavy atom. The summed E-state index contributed by atoms with van der Waals surface area (Å²) in [4.78, 5) is 25.0. The number of carboxylic acids is 1. The molecular formula is C17H20ClN3O4. The lowest BCUT2D eigenvalue weighted by Gasteiger charge is -2.15. The Morgan fingerprint density at radius 3 is 2.68 bits per heavy atom. The van der Waals surface area contributed by atoms with Crippen LogP contribution in [0.2, 0.25) is 5.02 Å². The number of anilines is 1. The minimum Gasteiger partial charge on any atom is -0.478 e. The van der Waals surface area contributed by atoms with E-state index in [4.69, 9.17) is 21.2 Å². The summed E-state index contributed by atoms with van der Waals surface area (Å²) in [7, 11) is 1.79. The van der Waals surface area contributed by atoms with Crippen molar-refractivity contribution in [2.75, 3.05) is 18.9 Å². The van der Waals surface area contributed by atoms with Crippen LogP contribution in [0.4, 0.5) is 5.69 Å². The van der Waals surface area contributed by atoms with Gasteiger partial charge in [-0.05, 0) is 25.2 Å². The highest BCUT2D eigenvalue weighted by Crippen LogP contribution is 2.20. The highest BCUT2D eigenvalue weighted by Gasteiger charge is 2.14. The lowest BCUT2D eigenvalue weighted by Crippen LogP contribution is -2.30. The summed E-state index contributed by atoms with van der Waals surface area (Å²) in [6.07, 6.45) is 0. The van der Waals surface area contributed by atoms with Gasteiger partial charge in [0.2, 0.25) is 5.91 Å². The number of halogens is 1. The van der Waals surface area contributed by atoms with Crippen LogP contribution in [0.3, 0.4) is 0 Å². The third kappa shape index (κ3) is 5.30. The van der Waals surface area contributed by atoms with Crippen molar-refractivity contribution in [3.8, 4) is 0 Å². The molecule has 2 aromatic rings. The quantitative estimate of drug-likeness (QED) is 0.782. The first kappa shape index (κ1) is 19.0. The van der Waals surface area contributed by atoms with Gasteiger partial charge in [-0.1, -0.05) is 30.6 Å². The number of amides is 1. The Balaban J connectivity index is 1.93. The zero-order chi connectivity index (χ0) is 18.6. The minimum atomic E-state index is -1.15. The number of nitrogens with one attached hydrogen (secondary N) is 1. The van der Waals surface area contributed by atoms with Gasteiger partial charge in [-0.15, -0.1) is 0 Å². The fourth-order valence-electron chi connectivity index (χ4n) is 2.22. The minimum absolute atomic E-state index is 0.0587. The maximum atomic E-state index is 12.1. The number of aromatic nitrogens is 1. The predicted molar refractivity (Wildman–Crippen MR) is 94.0 cm³/mol. The fraction of sp³-hybridized carbons (Fsp3) is 0.353. The van der Waals surface area contributed by atoms with Crippen molar-refractivity contribution in [3.05, 3.63) is 46.3 Å². The van der Waals surface area contributed by atoms with Gasteiger partial charge in [-0.3, -0.25) is 9.69 Å². The van der Waals surface area contributed by atoms with Crippen LogP contribution in [-0.2, 0) is 11.3 Å². The number of hydrogen-bond donors (Lipinski definition) is 2. The van der Waals surface area contributed by atoms with Crippen LogP contribution >= 0.6 is 11.6 Å². The molecule has 2 N–H and O–H groups in total. The zero-order valence-electron chi connectivity index (χ0n) is 14.2. The monoisotopic (exact) mass is 365 g/mol. The summed E-state index contributed by atoms with van der Waals surface area (Å²) < 4.78 is 5.23. The number of rotatable bonds is 7. The second-order valence-corrected chi connectivity index (χ2v) is 6.50. The van der Waals surface area contributed by atoms with Gasteiger partial charge >= 0.3 is 5.97 Å². The van der Waals surface area contributed by atoms with Gasteiger partial charge in [-0.25, -0.2) is 4.79 Å². The van der Waals surface area contributed by atoms with E-state index in [1.807, 2.05) is 19.9 Å². The second kappa shape index (κ2) is 8.13. The molecule has 8 heteroatoms. The number of benzene rings is 1. The molecule has 0 aliphatic rings. The molecule has 2 rings (SSSR count). The van der Waals surface area contributed by atoms with Crippen LogP contribution in [0.1, 0.15) is 41.6 Å². The molecule has 0 saturated carbocycles. The average Bonchev–Trinajstić information content (AvgIpc) is 2.97. The smallest absolute Gasteiger partial charge is 0.337 e. The van der Waals surface area contributed by atoms with Crippen molar-refractivity contribution in [3.63, 3.8) is 0 Å². The van der Waals surface area contributed by atoms with E-state index in [9.17, 15) is 9.59 Å². The Morgan fingerprint density at radius 1 is 1.36 bits per heavy atom. The molecular weight excluding hydrogens is 346 g/mol. The van der Waals surface area contributed by atoms with E-state index in [0.717, 1.165) is 11.5 Å². The van der Waals surface area contributed by atoms with Crippen molar-refractivity contribution < 1.29 is 19.2 Å². The number of carbonyl (C=O) groups is 2. The molecule has 1 aromatic heterocycles. The van der Waals surface area contributed by atoms with E-state index < -0.39 is 5.97 Å². The zero-order valence-corrected chi connectivity index (χ0v) is 15.0. The number of nitrogens with zero attached hydrogens (tertiary/aromatic N) is 2. The summed E-state index contributed by atoms with van der Waals surface area (Å²) in [6.45, 7) is 4.61. The number of likely N-dealkylation sites (N-methyl/N-ethyl adjacent to an activating group) is 1. The molecule has 0 unspecified atom stereocenters. The van der Waals surface area contributed by atoms with Gasteiger partial charge in [0.05, 0.1) is 22.8 Å². The van der Waals surface area contributed by atoms with E-state index in [2.05, 4.69) is 10.5 Å². The predicted octanol–water partition coefficient (Wildman–Crippen LogP) is 3.22. The van der Waals surface area contributed by atoms with E-state index in [1.165, 1.54) is 12.1 Å². The fourth-order valence-corrected chi connectivity index (χ4v) is 2.42. The van der Waals surface area contributed by atoms with Gasteiger partial charge in [-0.2, -0.15) is 0 Å². The lowest BCUT2D eigenvalue weighted by molar-refractivity contribution is -0.117. The van der Waals surface area contributed by atoms with Crippen molar-refractivity contribution >= 4 is 29.2 Å². The van der Waals surface area contributed by atoms with Crippen LogP contribution in [0.25, 0.3) is 0 Å². The lowest BCUT2D eigenvalue weighted by atomic mass is 10.1. The summed E-state index contributed by atoms with van der Waals surface area (Å²) >= 11 is 5.81. The molecule has 0 aliphatic carbocycles. The molecule has 134 valence electrons. The molecule has 0 aliphatic heterocycles. The van der Waals surface area contributed by atoms with Crippen molar-refractivity contribution in [1.29, 1.82) is 0 Å². The van der Waals surface area contributed by atoms with Crippen LogP contribution in [-0.4, -0.2) is 40.6 Å². The van der Waals surface area contributed by atoms with Crippen molar-refractivity contribution in [1.82, 2.24) is 10.1 Å². The van der Waals surface area contributed by atoms with Gasteiger partial charge < -0.3 is 14.9 Å². The molecule has 0 bridgehead atoms. The van der Waals surface area contributed by atoms with Crippen LogP contribution in [0.15, 0.2) is 28.8 Å². The van der Waals surface area contributed by atoms with Crippen molar-refractivity contribution in [2.24, 2.45) is 0 Å². The molecule has 1 aromatic carbocycles. The molecule has 0 atom stereocenters. The normalized spacial score (nSPS) is 11.1. The summed E-state index contributed by atoms with van der Waals surface area (Å²) in [5.74, 6) is -0.364. The summed E-state index contributed by atoms with van der Waals surface area (Å²) in [6, 6.07) is 6.19. The third-order valence-corrected chi connectivity index (χ3v) is 3.80. The maximum absolute atomic E-state index is 12.1. The Hall–Kier alpha value is -2.38. The third-order valence-electron chi connectivity index (χ3n) is 3.47. The number of aromatic carboxylic acids is 1. The first-order valence-electron chi connectivity index (χ1n) is 7.73. The van der Waals surface area contributed by atoms with E-state index in [1.54, 1.807) is 18.0 Å². The van der Waals surface area contributed by atoms with E-state index in [-0.39, 0.29) is 29.0 Å². The molecule has 0 fully saturated rings. The van der Waals surface area contributed by atoms with Crippen LogP contribution in [0.5, 0.6) is 0 Å².